The first-order chi connectivity index (χ1) is 8.62. The number of hydrogen-bond donors (Lipinski definition) is 1. The van der Waals surface area contributed by atoms with Gasteiger partial charge in [-0.15, -0.1) is 0 Å². The van der Waals surface area contributed by atoms with E-state index in [-0.39, 0.29) is 4.90 Å². The van der Waals surface area contributed by atoms with Gasteiger partial charge in [-0.05, 0) is 17.7 Å². The van der Waals surface area contributed by atoms with Crippen molar-refractivity contribution in [2.45, 2.75) is 18.2 Å². The molecule has 0 fully saturated rings. The van der Waals surface area contributed by atoms with Crippen molar-refractivity contribution in [1.29, 1.82) is 0 Å². The van der Waals surface area contributed by atoms with E-state index in [1.165, 1.54) is 6.26 Å². The van der Waals surface area contributed by atoms with Crippen LogP contribution in [0.25, 0.3) is 0 Å². The minimum atomic E-state index is -3.41. The summed E-state index contributed by atoms with van der Waals surface area (Å²) in [5, 5.41) is 0. The molecule has 0 atom stereocenters. The molecule has 0 spiro atoms. The average molecular weight is 266 g/mol. The summed E-state index contributed by atoms with van der Waals surface area (Å²) in [6.45, 7) is 2.11. The lowest BCUT2D eigenvalue weighted by Gasteiger charge is -2.06. The Hall–Kier alpha value is -1.66. The normalized spacial score (nSPS) is 11.6. The fourth-order valence-electron chi connectivity index (χ4n) is 1.61. The lowest BCUT2D eigenvalue weighted by atomic mass is 10.1. The van der Waals surface area contributed by atoms with E-state index in [9.17, 15) is 8.42 Å². The van der Waals surface area contributed by atoms with Crippen LogP contribution < -0.4 is 4.72 Å². The maximum Gasteiger partial charge on any atom is 0.240 e. The van der Waals surface area contributed by atoms with Crippen LogP contribution >= 0.6 is 0 Å². The van der Waals surface area contributed by atoms with Gasteiger partial charge in [0, 0.05) is 13.0 Å². The molecule has 18 heavy (non-hydrogen) atoms. The minimum absolute atomic E-state index is 0.258. The zero-order chi connectivity index (χ0) is 13.0. The van der Waals surface area contributed by atoms with Crippen LogP contribution in [0.4, 0.5) is 0 Å². The molecule has 0 aliphatic carbocycles. The third kappa shape index (κ3) is 2.96. The summed E-state index contributed by atoms with van der Waals surface area (Å²) in [5.74, 6) is 0.563. The summed E-state index contributed by atoms with van der Waals surface area (Å²) < 4.78 is 31.3. The third-order valence-electron chi connectivity index (χ3n) is 2.38. The topological polar surface area (TPSA) is 72.2 Å². The first-order valence-electron chi connectivity index (χ1n) is 5.59. The number of aromatic nitrogens is 1. The highest BCUT2D eigenvalue weighted by molar-refractivity contribution is 7.89. The smallest absolute Gasteiger partial charge is 0.240 e. The van der Waals surface area contributed by atoms with Crippen LogP contribution in [0.3, 0.4) is 0 Å². The number of hydrogen-bond acceptors (Lipinski definition) is 4. The predicted octanol–water partition coefficient (Wildman–Crippen LogP) is 1.56. The quantitative estimate of drug-likeness (QED) is 0.891. The van der Waals surface area contributed by atoms with E-state index in [0.717, 1.165) is 5.56 Å². The molecule has 1 aromatic carbocycles. The van der Waals surface area contributed by atoms with Crippen molar-refractivity contribution in [2.24, 2.45) is 0 Å². The van der Waals surface area contributed by atoms with Crippen LogP contribution in [-0.4, -0.2) is 19.9 Å². The first-order valence-corrected chi connectivity index (χ1v) is 7.07. The third-order valence-corrected chi connectivity index (χ3v) is 3.93. The summed E-state index contributed by atoms with van der Waals surface area (Å²) in [7, 11) is -3.41. The van der Waals surface area contributed by atoms with Crippen LogP contribution in [0.5, 0.6) is 0 Å². The van der Waals surface area contributed by atoms with E-state index in [1.54, 1.807) is 31.3 Å². The van der Waals surface area contributed by atoms with Gasteiger partial charge in [-0.25, -0.2) is 18.1 Å². The van der Waals surface area contributed by atoms with Crippen molar-refractivity contribution in [1.82, 2.24) is 9.71 Å². The van der Waals surface area contributed by atoms with Gasteiger partial charge in [0.05, 0.1) is 11.1 Å². The summed E-state index contributed by atoms with van der Waals surface area (Å²) in [4.78, 5) is 4.27. The van der Waals surface area contributed by atoms with E-state index >= 15 is 0 Å². The zero-order valence-corrected chi connectivity index (χ0v) is 10.8. The van der Waals surface area contributed by atoms with Crippen LogP contribution in [-0.2, 0) is 16.4 Å². The van der Waals surface area contributed by atoms with Crippen molar-refractivity contribution in [3.8, 4) is 0 Å². The van der Waals surface area contributed by atoms with Crippen LogP contribution in [0.2, 0.25) is 0 Å². The van der Waals surface area contributed by atoms with E-state index in [4.69, 9.17) is 4.42 Å². The van der Waals surface area contributed by atoms with E-state index in [0.29, 0.717) is 18.9 Å². The van der Waals surface area contributed by atoms with Gasteiger partial charge in [0.2, 0.25) is 10.0 Å². The van der Waals surface area contributed by atoms with E-state index in [1.807, 2.05) is 6.07 Å². The summed E-state index contributed by atoms with van der Waals surface area (Å²) in [6, 6.07) is 6.75. The fraction of sp³-hybridized carbons (Fsp3) is 0.250. The van der Waals surface area contributed by atoms with Gasteiger partial charge in [0.15, 0.2) is 5.89 Å². The minimum Gasteiger partial charge on any atom is -0.449 e. The van der Waals surface area contributed by atoms with Crippen LogP contribution in [0.1, 0.15) is 18.4 Å². The van der Waals surface area contributed by atoms with Crippen molar-refractivity contribution in [3.05, 3.63) is 48.2 Å². The second kappa shape index (κ2) is 5.32. The lowest BCUT2D eigenvalue weighted by Crippen LogP contribution is -2.23. The molecule has 5 nitrogen and oxygen atoms in total. The molecule has 0 saturated heterocycles. The van der Waals surface area contributed by atoms with Crippen molar-refractivity contribution in [3.63, 3.8) is 0 Å². The molecule has 0 unspecified atom stereocenters. The van der Waals surface area contributed by atoms with Gasteiger partial charge in [-0.2, -0.15) is 0 Å². The number of sulfonamides is 1. The van der Waals surface area contributed by atoms with Crippen molar-refractivity contribution < 1.29 is 12.8 Å². The molecule has 0 aliphatic heterocycles. The Morgan fingerprint density at radius 2 is 2.22 bits per heavy atom. The second-order valence-corrected chi connectivity index (χ2v) is 5.52. The molecule has 1 heterocycles. The highest BCUT2D eigenvalue weighted by Gasteiger charge is 2.13. The SMILES string of the molecule is CCNS(=O)(=O)c1cccc(Cc2ncco2)c1. The monoisotopic (exact) mass is 266 g/mol. The summed E-state index contributed by atoms with van der Waals surface area (Å²) >= 11 is 0. The standard InChI is InChI=1S/C12H14N2O3S/c1-2-14-18(15,16)11-5-3-4-10(8-11)9-12-13-6-7-17-12/h3-8,14H,2,9H2,1H3. The maximum atomic E-state index is 11.8. The number of rotatable bonds is 5. The highest BCUT2D eigenvalue weighted by atomic mass is 32.2. The Kier molecular flexibility index (Phi) is 3.78. The van der Waals surface area contributed by atoms with E-state index in [2.05, 4.69) is 9.71 Å². The summed E-state index contributed by atoms with van der Waals surface area (Å²) in [5.41, 5.74) is 0.844. The van der Waals surface area contributed by atoms with Crippen LogP contribution in [0, 0.1) is 0 Å². The molecule has 1 N–H and O–H groups in total. The molecule has 2 rings (SSSR count). The van der Waals surface area contributed by atoms with Gasteiger partial charge in [0.1, 0.15) is 6.26 Å². The molecule has 6 heteroatoms. The number of nitrogens with zero attached hydrogens (tertiary/aromatic N) is 1. The molecular formula is C12H14N2O3S. The number of oxazole rings is 1. The van der Waals surface area contributed by atoms with Crippen molar-refractivity contribution in [2.75, 3.05) is 6.54 Å². The Morgan fingerprint density at radius 1 is 1.39 bits per heavy atom. The Morgan fingerprint density at radius 3 is 2.89 bits per heavy atom. The number of nitrogens with one attached hydrogen (secondary N) is 1. The molecule has 2 aromatic rings. The van der Waals surface area contributed by atoms with E-state index < -0.39 is 10.0 Å². The Labute approximate surface area is 106 Å². The molecule has 0 radical (unpaired) electrons. The van der Waals surface area contributed by atoms with Gasteiger partial charge in [-0.3, -0.25) is 0 Å². The molecular weight excluding hydrogens is 252 g/mol. The molecule has 96 valence electrons. The van der Waals surface area contributed by atoms with Crippen molar-refractivity contribution >= 4 is 10.0 Å². The zero-order valence-electron chi connectivity index (χ0n) is 9.96. The van der Waals surface area contributed by atoms with Crippen LogP contribution in [0.15, 0.2) is 46.0 Å². The Bertz CT molecular complexity index is 606. The fourth-order valence-corrected chi connectivity index (χ4v) is 2.72. The molecule has 0 bridgehead atoms. The Balaban J connectivity index is 2.25. The molecule has 0 aliphatic rings. The highest BCUT2D eigenvalue weighted by Crippen LogP contribution is 2.14. The average Bonchev–Trinajstić information content (AvgIpc) is 2.82. The summed E-state index contributed by atoms with van der Waals surface area (Å²) in [6.07, 6.45) is 3.53. The van der Waals surface area contributed by atoms with Gasteiger partial charge in [0.25, 0.3) is 0 Å². The van der Waals surface area contributed by atoms with Gasteiger partial charge >= 0.3 is 0 Å². The van der Waals surface area contributed by atoms with Gasteiger partial charge in [-0.1, -0.05) is 19.1 Å². The molecule has 0 saturated carbocycles. The number of benzene rings is 1. The maximum absolute atomic E-state index is 11.8. The lowest BCUT2D eigenvalue weighted by molar-refractivity contribution is 0.506. The molecule has 0 amide bonds. The first kappa shape index (κ1) is 12.8. The van der Waals surface area contributed by atoms with Gasteiger partial charge < -0.3 is 4.42 Å². The largest absolute Gasteiger partial charge is 0.449 e. The predicted molar refractivity (Wildman–Crippen MR) is 66.6 cm³/mol. The second-order valence-electron chi connectivity index (χ2n) is 3.75. The molecule has 1 aromatic heterocycles.